The van der Waals surface area contributed by atoms with Gasteiger partial charge >= 0.3 is 0 Å². The second-order valence-electron chi connectivity index (χ2n) is 8.30. The van der Waals surface area contributed by atoms with Gasteiger partial charge in [-0.25, -0.2) is 4.39 Å². The van der Waals surface area contributed by atoms with Crippen molar-refractivity contribution in [2.24, 2.45) is 0 Å². The Kier molecular flexibility index (Phi) is 6.08. The summed E-state index contributed by atoms with van der Waals surface area (Å²) in [7, 11) is -1.20. The Hall–Kier alpha value is -1.95. The standard InChI is InChI=1S/C22H25ClFNO2Si/c1-15-5-7-18(24)11-16(15)12-20-19-8-6-17(23)13-21(19)25(22(20)26)14-27-9-10-28(2,3)4/h5-8,11-13H,9-10,14H2,1-4H3. The van der Waals surface area contributed by atoms with Crippen LogP contribution in [0.2, 0.25) is 30.7 Å². The van der Waals surface area contributed by atoms with E-state index in [1.807, 2.05) is 13.0 Å². The maximum absolute atomic E-state index is 13.7. The van der Waals surface area contributed by atoms with Crippen molar-refractivity contribution in [3.05, 3.63) is 63.9 Å². The topological polar surface area (TPSA) is 29.5 Å². The second-order valence-corrected chi connectivity index (χ2v) is 14.4. The highest BCUT2D eigenvalue weighted by atomic mass is 35.5. The summed E-state index contributed by atoms with van der Waals surface area (Å²) in [4.78, 5) is 14.7. The highest BCUT2D eigenvalue weighted by Crippen LogP contribution is 2.39. The third-order valence-corrected chi connectivity index (χ3v) is 6.71. The van der Waals surface area contributed by atoms with E-state index in [1.54, 1.807) is 29.2 Å². The zero-order valence-corrected chi connectivity index (χ0v) is 18.4. The van der Waals surface area contributed by atoms with E-state index in [4.69, 9.17) is 16.3 Å². The average Bonchev–Trinajstić information content (AvgIpc) is 2.85. The van der Waals surface area contributed by atoms with Gasteiger partial charge in [0, 0.05) is 30.8 Å². The summed E-state index contributed by atoms with van der Waals surface area (Å²) in [6.45, 7) is 9.55. The maximum atomic E-state index is 13.7. The van der Waals surface area contributed by atoms with Crippen LogP contribution < -0.4 is 4.90 Å². The number of anilines is 1. The molecule has 0 N–H and O–H groups in total. The number of ether oxygens (including phenoxy) is 1. The molecule has 1 aliphatic rings. The molecule has 1 aliphatic heterocycles. The number of halogens is 2. The predicted molar refractivity (Wildman–Crippen MR) is 117 cm³/mol. The maximum Gasteiger partial charge on any atom is 0.260 e. The summed E-state index contributed by atoms with van der Waals surface area (Å²) in [5.41, 5.74) is 3.62. The van der Waals surface area contributed by atoms with Crippen molar-refractivity contribution in [3.63, 3.8) is 0 Å². The molecule has 0 atom stereocenters. The van der Waals surface area contributed by atoms with E-state index in [1.165, 1.54) is 12.1 Å². The van der Waals surface area contributed by atoms with E-state index >= 15 is 0 Å². The molecule has 3 nitrogen and oxygen atoms in total. The van der Waals surface area contributed by atoms with Crippen LogP contribution in [0.25, 0.3) is 11.6 Å². The number of aryl methyl sites for hydroxylation is 1. The van der Waals surface area contributed by atoms with Gasteiger partial charge in [-0.2, -0.15) is 0 Å². The Morgan fingerprint density at radius 1 is 1.18 bits per heavy atom. The molecule has 3 rings (SSSR count). The molecule has 0 spiro atoms. The minimum absolute atomic E-state index is 0.158. The number of carbonyl (C=O) groups excluding carboxylic acids is 1. The molecular formula is C22H25ClFNO2Si. The first-order valence-electron chi connectivity index (χ1n) is 9.33. The number of fused-ring (bicyclic) bond motifs is 1. The quantitative estimate of drug-likeness (QED) is 0.328. The fourth-order valence-electron chi connectivity index (χ4n) is 3.05. The van der Waals surface area contributed by atoms with E-state index in [0.717, 1.165) is 22.9 Å². The van der Waals surface area contributed by atoms with Crippen LogP contribution in [0.5, 0.6) is 0 Å². The van der Waals surface area contributed by atoms with Crippen molar-refractivity contribution in [2.45, 2.75) is 32.6 Å². The van der Waals surface area contributed by atoms with Crippen molar-refractivity contribution < 1.29 is 13.9 Å². The third kappa shape index (κ3) is 4.72. The number of hydrogen-bond donors (Lipinski definition) is 0. The van der Waals surface area contributed by atoms with Crippen LogP contribution in [0, 0.1) is 12.7 Å². The lowest BCUT2D eigenvalue weighted by Crippen LogP contribution is -2.30. The fraction of sp³-hybridized carbons (Fsp3) is 0.318. The minimum Gasteiger partial charge on any atom is -0.361 e. The predicted octanol–water partition coefficient (Wildman–Crippen LogP) is 5.99. The molecule has 2 aromatic rings. The lowest BCUT2D eigenvalue weighted by atomic mass is 10.0. The summed E-state index contributed by atoms with van der Waals surface area (Å²) >= 11 is 6.17. The summed E-state index contributed by atoms with van der Waals surface area (Å²) < 4.78 is 19.5. The van der Waals surface area contributed by atoms with E-state index in [9.17, 15) is 9.18 Å². The molecule has 0 bridgehead atoms. The van der Waals surface area contributed by atoms with Gasteiger partial charge in [-0.05, 0) is 54.4 Å². The van der Waals surface area contributed by atoms with Crippen molar-refractivity contribution in [3.8, 4) is 0 Å². The SMILES string of the molecule is Cc1ccc(F)cc1C=C1C(=O)N(COCC[Si](C)(C)C)c2cc(Cl)ccc21. The summed E-state index contributed by atoms with van der Waals surface area (Å²) in [5, 5.41) is 0.557. The number of nitrogens with zero attached hydrogens (tertiary/aromatic N) is 1. The normalized spacial score (nSPS) is 15.4. The number of hydrogen-bond acceptors (Lipinski definition) is 2. The smallest absolute Gasteiger partial charge is 0.260 e. The highest BCUT2D eigenvalue weighted by Gasteiger charge is 2.32. The molecule has 28 heavy (non-hydrogen) atoms. The van der Waals surface area contributed by atoms with Crippen molar-refractivity contribution in [1.29, 1.82) is 0 Å². The molecular weight excluding hydrogens is 393 g/mol. The lowest BCUT2D eigenvalue weighted by molar-refractivity contribution is -0.114. The zero-order valence-electron chi connectivity index (χ0n) is 16.7. The van der Waals surface area contributed by atoms with Crippen molar-refractivity contribution in [2.75, 3.05) is 18.2 Å². The van der Waals surface area contributed by atoms with Crippen LogP contribution in [-0.2, 0) is 9.53 Å². The summed E-state index contributed by atoms with van der Waals surface area (Å²) in [6, 6.07) is 11.0. The lowest BCUT2D eigenvalue weighted by Gasteiger charge is -2.20. The van der Waals surface area contributed by atoms with Gasteiger partial charge < -0.3 is 4.74 Å². The van der Waals surface area contributed by atoms with Gasteiger partial charge in [-0.3, -0.25) is 9.69 Å². The highest BCUT2D eigenvalue weighted by molar-refractivity contribution is 6.76. The van der Waals surface area contributed by atoms with E-state index in [-0.39, 0.29) is 18.5 Å². The molecule has 0 fully saturated rings. The van der Waals surface area contributed by atoms with Gasteiger partial charge in [0.05, 0.1) is 5.69 Å². The Morgan fingerprint density at radius 3 is 2.64 bits per heavy atom. The van der Waals surface area contributed by atoms with Crippen LogP contribution in [-0.4, -0.2) is 27.3 Å². The molecule has 0 unspecified atom stereocenters. The van der Waals surface area contributed by atoms with Crippen molar-refractivity contribution >= 4 is 42.9 Å². The van der Waals surface area contributed by atoms with Crippen molar-refractivity contribution in [1.82, 2.24) is 0 Å². The first-order valence-corrected chi connectivity index (χ1v) is 13.4. The molecule has 2 aromatic carbocycles. The van der Waals surface area contributed by atoms with E-state index in [0.29, 0.717) is 22.8 Å². The molecule has 0 saturated carbocycles. The van der Waals surface area contributed by atoms with Crippen LogP contribution in [0.4, 0.5) is 10.1 Å². The Morgan fingerprint density at radius 2 is 1.93 bits per heavy atom. The molecule has 1 amide bonds. The summed E-state index contributed by atoms with van der Waals surface area (Å²) in [6.07, 6.45) is 1.75. The van der Waals surface area contributed by atoms with E-state index in [2.05, 4.69) is 19.6 Å². The van der Waals surface area contributed by atoms with Crippen LogP contribution in [0.15, 0.2) is 36.4 Å². The van der Waals surface area contributed by atoms with Gasteiger partial charge in [0.2, 0.25) is 0 Å². The second kappa shape index (κ2) is 8.19. The van der Waals surface area contributed by atoms with Crippen LogP contribution in [0.3, 0.4) is 0 Å². The van der Waals surface area contributed by atoms with Crippen LogP contribution >= 0.6 is 11.6 Å². The Balaban J connectivity index is 1.90. The summed E-state index contributed by atoms with van der Waals surface area (Å²) in [5.74, 6) is -0.486. The monoisotopic (exact) mass is 417 g/mol. The molecule has 0 saturated heterocycles. The van der Waals surface area contributed by atoms with E-state index < -0.39 is 8.07 Å². The minimum atomic E-state index is -1.20. The van der Waals surface area contributed by atoms with Gasteiger partial charge in [-0.1, -0.05) is 43.4 Å². The first kappa shape index (κ1) is 20.8. The third-order valence-electron chi connectivity index (χ3n) is 4.77. The molecule has 148 valence electrons. The number of amides is 1. The molecule has 0 radical (unpaired) electrons. The molecule has 6 heteroatoms. The molecule has 1 heterocycles. The molecule has 0 aliphatic carbocycles. The largest absolute Gasteiger partial charge is 0.361 e. The van der Waals surface area contributed by atoms with Gasteiger partial charge in [0.15, 0.2) is 0 Å². The number of rotatable bonds is 6. The number of benzene rings is 2. The van der Waals surface area contributed by atoms with Crippen LogP contribution in [0.1, 0.15) is 16.7 Å². The van der Waals surface area contributed by atoms with Gasteiger partial charge in [0.1, 0.15) is 12.5 Å². The van der Waals surface area contributed by atoms with Gasteiger partial charge in [-0.15, -0.1) is 0 Å². The fourth-order valence-corrected chi connectivity index (χ4v) is 3.97. The number of carbonyl (C=O) groups is 1. The average molecular weight is 418 g/mol. The molecule has 0 aromatic heterocycles. The Labute approximate surface area is 171 Å². The zero-order chi connectivity index (χ0) is 20.5. The first-order chi connectivity index (χ1) is 13.2. The van der Waals surface area contributed by atoms with Gasteiger partial charge in [0.25, 0.3) is 5.91 Å². The Bertz CT molecular complexity index is 937.